The Kier molecular flexibility index (Phi) is 11.7. The molecule has 0 spiro atoms. The Morgan fingerprint density at radius 2 is 1.54 bits per heavy atom. The van der Waals surface area contributed by atoms with Crippen LogP contribution in [-0.4, -0.2) is 82.4 Å². The van der Waals surface area contributed by atoms with Crippen LogP contribution in [0, 0.1) is 9.81 Å². The van der Waals surface area contributed by atoms with E-state index in [0.29, 0.717) is 10.0 Å². The zero-order valence-corrected chi connectivity index (χ0v) is 14.0. The number of carbonyl (C=O) groups is 2. The fourth-order valence-electron chi connectivity index (χ4n) is 1.38. The van der Waals surface area contributed by atoms with Crippen molar-refractivity contribution in [3.05, 3.63) is 9.81 Å². The molecule has 0 aromatic heterocycles. The van der Waals surface area contributed by atoms with E-state index < -0.39 is 37.4 Å². The van der Waals surface area contributed by atoms with E-state index in [1.807, 2.05) is 0 Å². The van der Waals surface area contributed by atoms with Crippen LogP contribution in [0.2, 0.25) is 0 Å². The van der Waals surface area contributed by atoms with Crippen LogP contribution in [0.4, 0.5) is 9.59 Å². The number of rotatable bonds is 11. The van der Waals surface area contributed by atoms with Gasteiger partial charge in [0.2, 0.25) is 0 Å². The van der Waals surface area contributed by atoms with Crippen molar-refractivity contribution in [1.29, 1.82) is 0 Å². The molecule has 2 atom stereocenters. The Balaban J connectivity index is 4.41. The van der Waals surface area contributed by atoms with Gasteiger partial charge in [0.25, 0.3) is 0 Å². The van der Waals surface area contributed by atoms with Crippen LogP contribution >= 0.6 is 23.2 Å². The lowest BCUT2D eigenvalue weighted by Crippen LogP contribution is -2.48. The highest BCUT2D eigenvalue weighted by molar-refractivity contribution is 6.18. The number of nitrogens with one attached hydrogen (secondary N) is 2. The predicted octanol–water partition coefficient (Wildman–Crippen LogP) is -0.428. The third-order valence-corrected chi connectivity index (χ3v) is 2.96. The number of alkyl halides is 2. The lowest BCUT2D eigenvalue weighted by atomic mass is 10.2. The van der Waals surface area contributed by atoms with Crippen LogP contribution in [0.5, 0.6) is 0 Å². The first-order valence-corrected chi connectivity index (χ1v) is 7.73. The van der Waals surface area contributed by atoms with Crippen molar-refractivity contribution >= 4 is 35.3 Å². The number of amides is 4. The number of hydrogen-bond acceptors (Lipinski definition) is 8. The van der Waals surface area contributed by atoms with E-state index in [9.17, 15) is 29.6 Å². The van der Waals surface area contributed by atoms with Crippen LogP contribution < -0.4 is 10.6 Å². The molecule has 0 aromatic carbocycles. The van der Waals surface area contributed by atoms with Crippen LogP contribution in [0.25, 0.3) is 0 Å². The zero-order valence-electron chi connectivity index (χ0n) is 12.5. The maximum Gasteiger partial charge on any atom is 0.340 e. The number of carbonyl (C=O) groups excluding carboxylic acids is 2. The predicted molar refractivity (Wildman–Crippen MR) is 85.3 cm³/mol. The van der Waals surface area contributed by atoms with E-state index in [0.717, 1.165) is 0 Å². The van der Waals surface area contributed by atoms with Crippen molar-refractivity contribution in [2.24, 2.45) is 10.6 Å². The molecule has 4 amide bonds. The van der Waals surface area contributed by atoms with E-state index >= 15 is 0 Å². The summed E-state index contributed by atoms with van der Waals surface area (Å²) in [4.78, 5) is 44.0. The second-order valence-corrected chi connectivity index (χ2v) is 5.06. The van der Waals surface area contributed by atoms with E-state index in [2.05, 4.69) is 21.2 Å². The average Bonchev–Trinajstić information content (AvgIpc) is 2.59. The Morgan fingerprint density at radius 1 is 0.958 bits per heavy atom. The fourth-order valence-corrected chi connectivity index (χ4v) is 1.63. The first-order chi connectivity index (χ1) is 11.4. The van der Waals surface area contributed by atoms with Gasteiger partial charge in [-0.1, -0.05) is 0 Å². The van der Waals surface area contributed by atoms with Crippen LogP contribution in [-0.2, 0) is 0 Å². The number of nitrogens with zero attached hydrogens (tertiary/aromatic N) is 4. The standard InChI is InChI=1S/C10H18Cl2N6O6/c11-1-3-13-9(21)18(16-24)6-8(20)7(19)5-14-10(22)17(15-23)4-2-12/h7-8,19-20H,1-6H2,(H,13,21)(H,14,22)/t7-,8+/m0/s1. The Bertz CT molecular complexity index is 431. The molecule has 0 aliphatic rings. The summed E-state index contributed by atoms with van der Waals surface area (Å²) in [6.07, 6.45) is -3.13. The zero-order chi connectivity index (χ0) is 18.5. The Labute approximate surface area is 146 Å². The molecule has 0 aliphatic heterocycles. The highest BCUT2D eigenvalue weighted by atomic mass is 35.5. The Hall–Kier alpha value is -1.76. The molecule has 0 aliphatic carbocycles. The minimum absolute atomic E-state index is 0.0261. The second-order valence-electron chi connectivity index (χ2n) is 4.30. The quantitative estimate of drug-likeness (QED) is 0.213. The van der Waals surface area contributed by atoms with Crippen molar-refractivity contribution in [2.45, 2.75) is 12.2 Å². The van der Waals surface area contributed by atoms with Crippen molar-refractivity contribution in [1.82, 2.24) is 20.7 Å². The van der Waals surface area contributed by atoms with E-state index in [-0.39, 0.29) is 24.8 Å². The highest BCUT2D eigenvalue weighted by Crippen LogP contribution is 2.00. The third-order valence-electron chi connectivity index (χ3n) is 2.60. The Morgan fingerprint density at radius 3 is 2.04 bits per heavy atom. The summed E-state index contributed by atoms with van der Waals surface area (Å²) in [5, 5.41) is 29.5. The summed E-state index contributed by atoms with van der Waals surface area (Å²) in [5.41, 5.74) is 0. The van der Waals surface area contributed by atoms with Gasteiger partial charge >= 0.3 is 12.1 Å². The summed E-state index contributed by atoms with van der Waals surface area (Å²) >= 11 is 10.7. The summed E-state index contributed by atoms with van der Waals surface area (Å²) in [6, 6.07) is -1.83. The lowest BCUT2D eigenvalue weighted by molar-refractivity contribution is 0.00578. The van der Waals surface area contributed by atoms with Crippen molar-refractivity contribution in [3.8, 4) is 0 Å². The number of halogens is 2. The molecule has 0 heterocycles. The van der Waals surface area contributed by atoms with E-state index in [1.54, 1.807) is 0 Å². The first kappa shape index (κ1) is 22.2. The summed E-state index contributed by atoms with van der Waals surface area (Å²) in [7, 11) is 0. The van der Waals surface area contributed by atoms with Gasteiger partial charge in [-0.2, -0.15) is 10.0 Å². The molecule has 0 rings (SSSR count). The molecular weight excluding hydrogens is 371 g/mol. The van der Waals surface area contributed by atoms with Crippen molar-refractivity contribution in [3.63, 3.8) is 0 Å². The van der Waals surface area contributed by atoms with Crippen LogP contribution in [0.15, 0.2) is 10.6 Å². The maximum atomic E-state index is 11.5. The molecule has 0 aromatic rings. The second kappa shape index (κ2) is 12.6. The smallest absolute Gasteiger partial charge is 0.340 e. The molecule has 24 heavy (non-hydrogen) atoms. The van der Waals surface area contributed by atoms with Gasteiger partial charge in [0.1, 0.15) is 6.10 Å². The van der Waals surface area contributed by atoms with Gasteiger partial charge in [-0.15, -0.1) is 33.0 Å². The first-order valence-electron chi connectivity index (χ1n) is 6.66. The minimum atomic E-state index is -1.59. The topological polar surface area (TPSA) is 164 Å². The number of hydrogen-bond donors (Lipinski definition) is 4. The minimum Gasteiger partial charge on any atom is -0.389 e. The molecule has 138 valence electrons. The normalized spacial score (nSPS) is 12.7. The molecule has 0 bridgehead atoms. The van der Waals surface area contributed by atoms with Crippen molar-refractivity contribution in [2.75, 3.05) is 37.9 Å². The highest BCUT2D eigenvalue weighted by Gasteiger charge is 2.25. The van der Waals surface area contributed by atoms with Gasteiger partial charge < -0.3 is 20.8 Å². The van der Waals surface area contributed by atoms with Crippen LogP contribution in [0.3, 0.4) is 0 Å². The molecule has 0 fully saturated rings. The molecule has 14 heteroatoms. The van der Waals surface area contributed by atoms with E-state index in [1.165, 1.54) is 0 Å². The number of aliphatic hydroxyl groups excluding tert-OH is 2. The van der Waals surface area contributed by atoms with Gasteiger partial charge in [-0.05, 0) is 0 Å². The molecule has 12 nitrogen and oxygen atoms in total. The summed E-state index contributed by atoms with van der Waals surface area (Å²) in [6.45, 7) is -1.15. The molecule has 0 unspecified atom stereocenters. The van der Waals surface area contributed by atoms with Gasteiger partial charge in [0, 0.05) is 24.8 Å². The summed E-state index contributed by atoms with van der Waals surface area (Å²) < 4.78 is 0. The fraction of sp³-hybridized carbons (Fsp3) is 0.800. The van der Waals surface area contributed by atoms with E-state index in [4.69, 9.17) is 23.2 Å². The van der Waals surface area contributed by atoms with Crippen molar-refractivity contribution < 1.29 is 19.8 Å². The number of aliphatic hydroxyl groups is 2. The van der Waals surface area contributed by atoms with Gasteiger partial charge in [-0.3, -0.25) is 0 Å². The number of urea groups is 2. The van der Waals surface area contributed by atoms with Gasteiger partial charge in [0.05, 0.1) is 29.8 Å². The van der Waals surface area contributed by atoms with Crippen LogP contribution in [0.1, 0.15) is 0 Å². The monoisotopic (exact) mass is 388 g/mol. The van der Waals surface area contributed by atoms with Gasteiger partial charge in [0.15, 0.2) is 0 Å². The third kappa shape index (κ3) is 8.19. The number of nitroso groups, excluding NO2 is 2. The molecule has 0 saturated heterocycles. The van der Waals surface area contributed by atoms with Gasteiger partial charge in [-0.25, -0.2) is 9.59 Å². The lowest BCUT2D eigenvalue weighted by Gasteiger charge is -2.22. The average molecular weight is 389 g/mol. The molecule has 0 radical (unpaired) electrons. The maximum absolute atomic E-state index is 11.5. The largest absolute Gasteiger partial charge is 0.389 e. The molecule has 4 N–H and O–H groups in total. The SMILES string of the molecule is O=NN(CCCl)C(=O)NC[C@H](O)[C@H](O)CN(N=O)C(=O)NCCCl. The summed E-state index contributed by atoms with van der Waals surface area (Å²) in [5.74, 6) is 0.0843. The molecular formula is C10H18Cl2N6O6. The molecule has 0 saturated carbocycles.